The van der Waals surface area contributed by atoms with Crippen LogP contribution in [-0.2, 0) is 0 Å². The molecule has 0 saturated carbocycles. The molecule has 0 unspecified atom stereocenters. The summed E-state index contributed by atoms with van der Waals surface area (Å²) in [6, 6.07) is 8.38. The first-order chi connectivity index (χ1) is 9.81. The molecule has 0 bridgehead atoms. The summed E-state index contributed by atoms with van der Waals surface area (Å²) in [6.45, 7) is 3.80. The Hall–Kier alpha value is -2.40. The quantitative estimate of drug-likeness (QED) is 0.792. The molecule has 0 fully saturated rings. The van der Waals surface area contributed by atoms with Gasteiger partial charge in [-0.15, -0.1) is 0 Å². The molecule has 0 saturated heterocycles. The Balaban J connectivity index is 1.81. The summed E-state index contributed by atoms with van der Waals surface area (Å²) < 4.78 is 0. The van der Waals surface area contributed by atoms with Crippen molar-refractivity contribution in [3.05, 3.63) is 66.1 Å². The largest absolute Gasteiger partial charge is 0.361 e. The van der Waals surface area contributed by atoms with E-state index in [0.717, 1.165) is 15.4 Å². The van der Waals surface area contributed by atoms with Crippen LogP contribution < -0.4 is 10.9 Å². The van der Waals surface area contributed by atoms with Gasteiger partial charge in [-0.25, -0.2) is 0 Å². The molecule has 0 spiro atoms. The predicted molar refractivity (Wildman–Crippen MR) is 85.3 cm³/mol. The van der Waals surface area contributed by atoms with Crippen LogP contribution in [0.4, 0.5) is 0 Å². The van der Waals surface area contributed by atoms with Gasteiger partial charge in [0.2, 0.25) is 0 Å². The highest BCUT2D eigenvalue weighted by molar-refractivity contribution is 8.03. The number of allylic oxidation sites excluding steroid dienone is 2. The van der Waals surface area contributed by atoms with E-state index in [-0.39, 0.29) is 0 Å². The van der Waals surface area contributed by atoms with E-state index in [0.29, 0.717) is 5.70 Å². The van der Waals surface area contributed by atoms with Crippen molar-refractivity contribution < 1.29 is 0 Å². The fraction of sp³-hybridized carbons (Fsp3) is 0. The number of rotatable bonds is 2. The van der Waals surface area contributed by atoms with E-state index in [1.807, 2.05) is 12.3 Å². The second-order valence-electron chi connectivity index (χ2n) is 4.23. The molecule has 3 N–H and O–H groups in total. The monoisotopic (exact) mass is 282 g/mol. The van der Waals surface area contributed by atoms with E-state index in [9.17, 15) is 0 Å². The van der Waals surface area contributed by atoms with Crippen molar-refractivity contribution in [2.24, 2.45) is 4.99 Å². The zero-order valence-electron chi connectivity index (χ0n) is 10.8. The molecule has 2 aromatic rings. The summed E-state index contributed by atoms with van der Waals surface area (Å²) in [5, 5.41) is 2.16. The molecule has 4 nitrogen and oxygen atoms in total. The molecule has 3 rings (SSSR count). The fourth-order valence-electron chi connectivity index (χ4n) is 1.82. The lowest BCUT2D eigenvalue weighted by Crippen LogP contribution is -2.24. The van der Waals surface area contributed by atoms with Crippen molar-refractivity contribution in [2.75, 3.05) is 0 Å². The molecule has 0 radical (unpaired) electrons. The van der Waals surface area contributed by atoms with E-state index < -0.39 is 0 Å². The smallest absolute Gasteiger partial charge is 0.0932 e. The lowest BCUT2D eigenvalue weighted by molar-refractivity contribution is 0.766. The van der Waals surface area contributed by atoms with Crippen LogP contribution in [-0.4, -0.2) is 11.2 Å². The van der Waals surface area contributed by atoms with Gasteiger partial charge in [0.25, 0.3) is 0 Å². The zero-order chi connectivity index (χ0) is 13.8. The maximum absolute atomic E-state index is 4.20. The van der Waals surface area contributed by atoms with E-state index in [2.05, 4.69) is 51.7 Å². The number of hydrazine groups is 1. The first kappa shape index (κ1) is 12.6. The van der Waals surface area contributed by atoms with E-state index >= 15 is 0 Å². The number of aromatic amines is 1. The van der Waals surface area contributed by atoms with Gasteiger partial charge in [0, 0.05) is 34.4 Å². The van der Waals surface area contributed by atoms with Crippen LogP contribution >= 0.6 is 11.8 Å². The normalized spacial score (nSPS) is 20.8. The molecule has 100 valence electrons. The number of benzene rings is 1. The van der Waals surface area contributed by atoms with Crippen molar-refractivity contribution in [2.45, 2.75) is 4.90 Å². The fourth-order valence-corrected chi connectivity index (χ4v) is 2.63. The maximum atomic E-state index is 4.20. The van der Waals surface area contributed by atoms with Gasteiger partial charge in [0.1, 0.15) is 0 Å². The lowest BCUT2D eigenvalue weighted by Gasteiger charge is -2.09. The SMILES string of the molecule is C=C1/C=C\NN/C(Sc2ccc3[nH]ccc3c2)=C\C=N/1. The minimum Gasteiger partial charge on any atom is -0.361 e. The standard InChI is InChI=1S/C15H14N4S/c1-11-4-9-18-19-15(6-8-16-11)20-13-2-3-14-12(10-13)5-7-17-14/h2-10,17-19H,1H2/b9-4-,15-6+,16-8-. The molecular formula is C15H14N4S. The minimum atomic E-state index is 0.704. The van der Waals surface area contributed by atoms with Crippen LogP contribution in [0.1, 0.15) is 0 Å². The van der Waals surface area contributed by atoms with Crippen LogP contribution in [0.5, 0.6) is 0 Å². The van der Waals surface area contributed by atoms with Gasteiger partial charge in [-0.3, -0.25) is 10.4 Å². The van der Waals surface area contributed by atoms with Gasteiger partial charge in [-0.1, -0.05) is 18.3 Å². The van der Waals surface area contributed by atoms with Crippen molar-refractivity contribution in [3.63, 3.8) is 0 Å². The summed E-state index contributed by atoms with van der Waals surface area (Å²) >= 11 is 1.63. The summed E-state index contributed by atoms with van der Waals surface area (Å²) in [7, 11) is 0. The Morgan fingerprint density at radius 2 is 2.15 bits per heavy atom. The summed E-state index contributed by atoms with van der Waals surface area (Å²) in [6.07, 6.45) is 9.17. The molecule has 0 amide bonds. The molecule has 5 heteroatoms. The number of hydrogen-bond acceptors (Lipinski definition) is 4. The number of thioether (sulfide) groups is 1. The van der Waals surface area contributed by atoms with Crippen molar-refractivity contribution >= 4 is 28.9 Å². The summed E-state index contributed by atoms with van der Waals surface area (Å²) in [5.41, 5.74) is 7.96. The van der Waals surface area contributed by atoms with Crippen molar-refractivity contribution in [3.8, 4) is 0 Å². The minimum absolute atomic E-state index is 0.704. The number of nitrogens with one attached hydrogen (secondary N) is 3. The third-order valence-electron chi connectivity index (χ3n) is 2.77. The molecule has 0 atom stereocenters. The predicted octanol–water partition coefficient (Wildman–Crippen LogP) is 3.31. The van der Waals surface area contributed by atoms with E-state index in [1.165, 1.54) is 5.39 Å². The average molecular weight is 282 g/mol. The summed E-state index contributed by atoms with van der Waals surface area (Å²) in [5.74, 6) is 0. The van der Waals surface area contributed by atoms with Crippen LogP contribution in [0, 0.1) is 0 Å². The van der Waals surface area contributed by atoms with Gasteiger partial charge in [-0.05, 0) is 36.4 Å². The molecule has 1 aliphatic rings. The van der Waals surface area contributed by atoms with Gasteiger partial charge < -0.3 is 10.4 Å². The van der Waals surface area contributed by atoms with Gasteiger partial charge >= 0.3 is 0 Å². The highest BCUT2D eigenvalue weighted by Gasteiger charge is 2.02. The number of hydrogen-bond donors (Lipinski definition) is 3. The van der Waals surface area contributed by atoms with Crippen LogP contribution in [0.15, 0.2) is 76.0 Å². The number of aromatic nitrogens is 1. The molecule has 20 heavy (non-hydrogen) atoms. The first-order valence-corrected chi connectivity index (χ1v) is 6.99. The second kappa shape index (κ2) is 5.71. The Morgan fingerprint density at radius 3 is 3.10 bits per heavy atom. The maximum Gasteiger partial charge on any atom is 0.0932 e. The number of H-pyrrole nitrogens is 1. The Kier molecular flexibility index (Phi) is 3.60. The number of nitrogens with zero attached hydrogens (tertiary/aromatic N) is 1. The second-order valence-corrected chi connectivity index (χ2v) is 5.35. The lowest BCUT2D eigenvalue weighted by atomic mass is 10.2. The number of fused-ring (bicyclic) bond motifs is 1. The highest BCUT2D eigenvalue weighted by atomic mass is 32.2. The van der Waals surface area contributed by atoms with Crippen molar-refractivity contribution in [1.82, 2.24) is 15.8 Å². The molecule has 1 aliphatic heterocycles. The third-order valence-corrected chi connectivity index (χ3v) is 3.72. The van der Waals surface area contributed by atoms with E-state index in [4.69, 9.17) is 0 Å². The zero-order valence-corrected chi connectivity index (χ0v) is 11.6. The Labute approximate surface area is 121 Å². The third kappa shape index (κ3) is 2.95. The van der Waals surface area contributed by atoms with Crippen molar-refractivity contribution in [1.29, 1.82) is 0 Å². The molecule has 1 aromatic heterocycles. The van der Waals surface area contributed by atoms with Crippen LogP contribution in [0.25, 0.3) is 10.9 Å². The Morgan fingerprint density at radius 1 is 1.20 bits per heavy atom. The van der Waals surface area contributed by atoms with Gasteiger partial charge in [0.05, 0.1) is 10.7 Å². The Bertz CT molecular complexity index is 724. The highest BCUT2D eigenvalue weighted by Crippen LogP contribution is 2.27. The first-order valence-electron chi connectivity index (χ1n) is 6.18. The molecule has 0 aliphatic carbocycles. The van der Waals surface area contributed by atoms with Gasteiger partial charge in [-0.2, -0.15) is 0 Å². The summed E-state index contributed by atoms with van der Waals surface area (Å²) in [4.78, 5) is 8.55. The van der Waals surface area contributed by atoms with Gasteiger partial charge in [0.15, 0.2) is 0 Å². The topological polar surface area (TPSA) is 52.2 Å². The van der Waals surface area contributed by atoms with Crippen LogP contribution in [0.3, 0.4) is 0 Å². The average Bonchev–Trinajstić information content (AvgIpc) is 2.92. The molecule has 1 aromatic carbocycles. The number of aliphatic imine (C=N–C) groups is 1. The van der Waals surface area contributed by atoms with E-state index in [1.54, 1.807) is 30.3 Å². The van der Waals surface area contributed by atoms with Crippen LogP contribution in [0.2, 0.25) is 0 Å². The molecular weight excluding hydrogens is 268 g/mol. The molecule has 2 heterocycles.